The quantitative estimate of drug-likeness (QED) is 0.595. The Bertz CT molecular complexity index is 795. The predicted molar refractivity (Wildman–Crippen MR) is 80.2 cm³/mol. The van der Waals surface area contributed by atoms with Crippen LogP contribution in [0.3, 0.4) is 0 Å². The van der Waals surface area contributed by atoms with Crippen LogP contribution in [0, 0.1) is 0 Å². The fourth-order valence-corrected chi connectivity index (χ4v) is 2.03. The van der Waals surface area contributed by atoms with Gasteiger partial charge in [-0.1, -0.05) is 48.5 Å². The number of ether oxygens (including phenoxy) is 1. The molecule has 1 heterocycles. The average molecular weight is 292 g/mol. The number of aromatic amines is 1. The fourth-order valence-electron chi connectivity index (χ4n) is 2.03. The summed E-state index contributed by atoms with van der Waals surface area (Å²) >= 11 is 0. The number of aromatic nitrogens is 2. The van der Waals surface area contributed by atoms with E-state index >= 15 is 0 Å². The molecule has 0 aliphatic heterocycles. The summed E-state index contributed by atoms with van der Waals surface area (Å²) in [6, 6.07) is 17.6. The molecule has 0 unspecified atom stereocenters. The van der Waals surface area contributed by atoms with Crippen molar-refractivity contribution in [3.63, 3.8) is 0 Å². The van der Waals surface area contributed by atoms with Crippen LogP contribution in [0.25, 0.3) is 11.3 Å². The first-order valence-electron chi connectivity index (χ1n) is 6.66. The van der Waals surface area contributed by atoms with Gasteiger partial charge in [-0.05, 0) is 12.1 Å². The van der Waals surface area contributed by atoms with Crippen molar-refractivity contribution in [3.8, 4) is 11.3 Å². The molecule has 0 saturated carbocycles. The predicted octanol–water partition coefficient (Wildman–Crippen LogP) is 3.07. The van der Waals surface area contributed by atoms with Crippen LogP contribution >= 0.6 is 0 Å². The summed E-state index contributed by atoms with van der Waals surface area (Å²) in [6.07, 6.45) is 1.42. The van der Waals surface area contributed by atoms with Gasteiger partial charge in [-0.2, -0.15) is 5.10 Å². The summed E-state index contributed by atoms with van der Waals surface area (Å²) in [4.78, 5) is 24.1. The highest BCUT2D eigenvalue weighted by Gasteiger charge is 2.20. The molecule has 1 aromatic heterocycles. The van der Waals surface area contributed by atoms with Crippen LogP contribution in [0.5, 0.6) is 0 Å². The normalized spacial score (nSPS) is 10.2. The van der Waals surface area contributed by atoms with Gasteiger partial charge in [-0.3, -0.25) is 5.10 Å². The molecule has 0 fully saturated rings. The molecule has 0 aliphatic carbocycles. The second-order valence-corrected chi connectivity index (χ2v) is 4.56. The maximum absolute atomic E-state index is 12.2. The Morgan fingerprint density at radius 2 is 1.50 bits per heavy atom. The third-order valence-corrected chi connectivity index (χ3v) is 3.10. The fraction of sp³-hybridized carbons (Fsp3) is 0. The number of hydrogen-bond donors (Lipinski definition) is 1. The van der Waals surface area contributed by atoms with Crippen LogP contribution in [0.4, 0.5) is 0 Å². The minimum Gasteiger partial charge on any atom is -0.386 e. The Labute approximate surface area is 126 Å². The Morgan fingerprint density at radius 3 is 2.18 bits per heavy atom. The van der Waals surface area contributed by atoms with E-state index in [1.807, 2.05) is 30.3 Å². The monoisotopic (exact) mass is 292 g/mol. The number of hydrogen-bond acceptors (Lipinski definition) is 4. The van der Waals surface area contributed by atoms with E-state index in [9.17, 15) is 9.59 Å². The number of carbonyl (C=O) groups excluding carboxylic acids is 2. The van der Waals surface area contributed by atoms with E-state index in [1.165, 1.54) is 6.20 Å². The van der Waals surface area contributed by atoms with Gasteiger partial charge >= 0.3 is 11.9 Å². The molecule has 1 N–H and O–H groups in total. The van der Waals surface area contributed by atoms with E-state index in [0.29, 0.717) is 11.3 Å². The molecule has 108 valence electrons. The van der Waals surface area contributed by atoms with Crippen molar-refractivity contribution in [1.82, 2.24) is 10.2 Å². The Hall–Kier alpha value is -3.21. The zero-order valence-electron chi connectivity index (χ0n) is 11.5. The van der Waals surface area contributed by atoms with E-state index in [-0.39, 0.29) is 5.56 Å². The Kier molecular flexibility index (Phi) is 3.78. The van der Waals surface area contributed by atoms with Crippen molar-refractivity contribution >= 4 is 11.9 Å². The lowest BCUT2D eigenvalue weighted by molar-refractivity contribution is 0.0398. The molecule has 5 nitrogen and oxygen atoms in total. The number of nitrogens with zero attached hydrogens (tertiary/aromatic N) is 1. The zero-order valence-corrected chi connectivity index (χ0v) is 11.5. The first kappa shape index (κ1) is 13.8. The smallest absolute Gasteiger partial charge is 0.349 e. The SMILES string of the molecule is O=C(OC(=O)c1c[nH]nc1-c1ccccc1)c1ccccc1. The summed E-state index contributed by atoms with van der Waals surface area (Å²) < 4.78 is 4.91. The summed E-state index contributed by atoms with van der Waals surface area (Å²) in [5.41, 5.74) is 1.76. The number of rotatable bonds is 3. The third-order valence-electron chi connectivity index (χ3n) is 3.10. The standard InChI is InChI=1S/C17H12N2O3/c20-16(13-9-5-2-6-10-13)22-17(21)14-11-18-19-15(14)12-7-3-1-4-8-12/h1-11H,(H,18,19). The summed E-state index contributed by atoms with van der Waals surface area (Å²) in [7, 11) is 0. The van der Waals surface area contributed by atoms with Gasteiger partial charge in [0.2, 0.25) is 0 Å². The van der Waals surface area contributed by atoms with Crippen LogP contribution in [0.15, 0.2) is 66.9 Å². The number of esters is 2. The highest BCUT2D eigenvalue weighted by atomic mass is 16.6. The van der Waals surface area contributed by atoms with Gasteiger partial charge in [0.05, 0.1) is 5.56 Å². The van der Waals surface area contributed by atoms with E-state index in [0.717, 1.165) is 5.56 Å². The van der Waals surface area contributed by atoms with Gasteiger partial charge < -0.3 is 4.74 Å². The molecule has 2 aromatic carbocycles. The molecule has 0 radical (unpaired) electrons. The lowest BCUT2D eigenvalue weighted by Gasteiger charge is -2.03. The van der Waals surface area contributed by atoms with E-state index < -0.39 is 11.9 Å². The number of carbonyl (C=O) groups is 2. The van der Waals surface area contributed by atoms with Gasteiger partial charge in [-0.15, -0.1) is 0 Å². The molecular weight excluding hydrogens is 280 g/mol. The lowest BCUT2D eigenvalue weighted by atomic mass is 10.1. The van der Waals surface area contributed by atoms with Crippen molar-refractivity contribution in [3.05, 3.63) is 78.0 Å². The first-order chi connectivity index (χ1) is 10.8. The van der Waals surface area contributed by atoms with Gasteiger partial charge in [0, 0.05) is 11.8 Å². The number of nitrogens with one attached hydrogen (secondary N) is 1. The summed E-state index contributed by atoms with van der Waals surface area (Å²) in [5.74, 6) is -1.42. The number of benzene rings is 2. The molecule has 0 atom stereocenters. The molecule has 5 heteroatoms. The van der Waals surface area contributed by atoms with Crippen molar-refractivity contribution < 1.29 is 14.3 Å². The molecule has 3 rings (SSSR count). The zero-order chi connectivity index (χ0) is 15.4. The molecule has 0 saturated heterocycles. The number of H-pyrrole nitrogens is 1. The molecule has 0 aliphatic rings. The van der Waals surface area contributed by atoms with Crippen molar-refractivity contribution in [2.24, 2.45) is 0 Å². The van der Waals surface area contributed by atoms with Crippen LogP contribution in [0.2, 0.25) is 0 Å². The van der Waals surface area contributed by atoms with Gasteiger partial charge in [0.1, 0.15) is 11.3 Å². The van der Waals surface area contributed by atoms with Crippen LogP contribution in [0.1, 0.15) is 20.7 Å². The maximum Gasteiger partial charge on any atom is 0.349 e. The van der Waals surface area contributed by atoms with Crippen molar-refractivity contribution in [1.29, 1.82) is 0 Å². The minimum atomic E-state index is -0.735. The van der Waals surface area contributed by atoms with Crippen molar-refractivity contribution in [2.75, 3.05) is 0 Å². The highest BCUT2D eigenvalue weighted by molar-refractivity contribution is 6.05. The van der Waals surface area contributed by atoms with Gasteiger partial charge in [-0.25, -0.2) is 9.59 Å². The third kappa shape index (κ3) is 2.78. The first-order valence-corrected chi connectivity index (χ1v) is 6.66. The van der Waals surface area contributed by atoms with E-state index in [1.54, 1.807) is 30.3 Å². The molecule has 0 spiro atoms. The van der Waals surface area contributed by atoms with Crippen LogP contribution in [-0.4, -0.2) is 22.1 Å². The second-order valence-electron chi connectivity index (χ2n) is 4.56. The largest absolute Gasteiger partial charge is 0.386 e. The van der Waals surface area contributed by atoms with Gasteiger partial charge in [0.15, 0.2) is 0 Å². The highest BCUT2D eigenvalue weighted by Crippen LogP contribution is 2.21. The van der Waals surface area contributed by atoms with Crippen LogP contribution in [-0.2, 0) is 4.74 Å². The van der Waals surface area contributed by atoms with E-state index in [4.69, 9.17) is 4.74 Å². The maximum atomic E-state index is 12.2. The van der Waals surface area contributed by atoms with E-state index in [2.05, 4.69) is 10.2 Å². The summed E-state index contributed by atoms with van der Waals surface area (Å²) in [5, 5.41) is 6.68. The summed E-state index contributed by atoms with van der Waals surface area (Å²) in [6.45, 7) is 0. The molecular formula is C17H12N2O3. The van der Waals surface area contributed by atoms with Crippen LogP contribution < -0.4 is 0 Å². The van der Waals surface area contributed by atoms with Crippen molar-refractivity contribution in [2.45, 2.75) is 0 Å². The lowest BCUT2D eigenvalue weighted by Crippen LogP contribution is -2.13. The molecule has 3 aromatic rings. The molecule has 0 bridgehead atoms. The Morgan fingerprint density at radius 1 is 0.864 bits per heavy atom. The molecule has 0 amide bonds. The topological polar surface area (TPSA) is 72.1 Å². The second kappa shape index (κ2) is 6.05. The molecule has 22 heavy (non-hydrogen) atoms. The Balaban J connectivity index is 1.82. The van der Waals surface area contributed by atoms with Gasteiger partial charge in [0.25, 0.3) is 0 Å². The minimum absolute atomic E-state index is 0.218. The average Bonchev–Trinajstić information content (AvgIpc) is 3.06.